The van der Waals surface area contributed by atoms with Crippen LogP contribution in [0.4, 0.5) is 5.69 Å². The lowest BCUT2D eigenvalue weighted by Gasteiger charge is -2.13. The Morgan fingerprint density at radius 1 is 1.05 bits per heavy atom. The molecule has 0 saturated carbocycles. The summed E-state index contributed by atoms with van der Waals surface area (Å²) in [6, 6.07) is 13.7. The van der Waals surface area contributed by atoms with Crippen molar-refractivity contribution in [1.82, 2.24) is 5.32 Å². The first-order chi connectivity index (χ1) is 10.1. The maximum absolute atomic E-state index is 12.5. The van der Waals surface area contributed by atoms with Crippen molar-refractivity contribution in [2.75, 3.05) is 11.9 Å². The van der Waals surface area contributed by atoms with Gasteiger partial charge in [-0.2, -0.15) is 0 Å². The van der Waals surface area contributed by atoms with Crippen LogP contribution in [0.1, 0.15) is 34.0 Å². The Balaban J connectivity index is 2.22. The third kappa shape index (κ3) is 3.70. The molecule has 2 rings (SSSR count). The molecule has 0 fully saturated rings. The van der Waals surface area contributed by atoms with Gasteiger partial charge in [-0.15, -0.1) is 0 Å². The molecular weight excluding hydrogens is 260 g/mol. The van der Waals surface area contributed by atoms with Gasteiger partial charge in [0.2, 0.25) is 0 Å². The van der Waals surface area contributed by atoms with Gasteiger partial charge in [0.1, 0.15) is 0 Å². The fraction of sp³-hybridized carbons (Fsp3) is 0.278. The van der Waals surface area contributed by atoms with Crippen LogP contribution in [0.25, 0.3) is 0 Å². The molecular formula is C18H22N2O. The van der Waals surface area contributed by atoms with Crippen LogP contribution in [0, 0.1) is 13.8 Å². The van der Waals surface area contributed by atoms with E-state index in [0.29, 0.717) is 0 Å². The molecule has 0 aliphatic heterocycles. The van der Waals surface area contributed by atoms with Gasteiger partial charge >= 0.3 is 0 Å². The molecule has 0 heterocycles. The number of nitrogens with one attached hydrogen (secondary N) is 2. The molecule has 0 aliphatic rings. The van der Waals surface area contributed by atoms with Crippen LogP contribution in [-0.2, 0) is 6.54 Å². The van der Waals surface area contributed by atoms with Gasteiger partial charge < -0.3 is 10.6 Å². The Kier molecular flexibility index (Phi) is 5.12. The van der Waals surface area contributed by atoms with E-state index < -0.39 is 0 Å². The first kappa shape index (κ1) is 15.3. The van der Waals surface area contributed by atoms with Crippen molar-refractivity contribution in [2.45, 2.75) is 27.3 Å². The minimum atomic E-state index is -0.0554. The molecule has 0 spiro atoms. The number of carbonyl (C=O) groups is 1. The minimum Gasteiger partial charge on any atom is -0.322 e. The van der Waals surface area contributed by atoms with Crippen molar-refractivity contribution in [2.24, 2.45) is 0 Å². The number of para-hydroxylation sites is 1. The van der Waals surface area contributed by atoms with E-state index in [1.807, 2.05) is 56.3 Å². The summed E-state index contributed by atoms with van der Waals surface area (Å²) < 4.78 is 0. The third-order valence-electron chi connectivity index (χ3n) is 3.68. The second-order valence-corrected chi connectivity index (χ2v) is 5.14. The number of rotatable bonds is 5. The zero-order valence-electron chi connectivity index (χ0n) is 12.9. The molecule has 3 heteroatoms. The van der Waals surface area contributed by atoms with Crippen LogP contribution in [0.3, 0.4) is 0 Å². The molecule has 21 heavy (non-hydrogen) atoms. The number of amides is 1. The van der Waals surface area contributed by atoms with Crippen LogP contribution in [0.15, 0.2) is 42.5 Å². The minimum absolute atomic E-state index is 0.0554. The Morgan fingerprint density at radius 3 is 2.57 bits per heavy atom. The molecule has 0 saturated heterocycles. The molecule has 2 aromatic carbocycles. The lowest BCUT2D eigenvalue weighted by molar-refractivity contribution is 0.102. The van der Waals surface area contributed by atoms with Crippen LogP contribution in [0.5, 0.6) is 0 Å². The first-order valence-corrected chi connectivity index (χ1v) is 7.29. The number of aryl methyl sites for hydroxylation is 1. The summed E-state index contributed by atoms with van der Waals surface area (Å²) in [6.45, 7) is 7.72. The molecule has 0 radical (unpaired) electrons. The van der Waals surface area contributed by atoms with Crippen molar-refractivity contribution in [3.05, 3.63) is 64.7 Å². The summed E-state index contributed by atoms with van der Waals surface area (Å²) in [5, 5.41) is 6.31. The number of hydrogen-bond acceptors (Lipinski definition) is 2. The lowest BCUT2D eigenvalue weighted by Crippen LogP contribution is -2.18. The van der Waals surface area contributed by atoms with Gasteiger partial charge in [-0.3, -0.25) is 4.79 Å². The quantitative estimate of drug-likeness (QED) is 0.878. The SMILES string of the molecule is CCNCc1ccccc1NC(=O)c1cccc(C)c1C. The highest BCUT2D eigenvalue weighted by atomic mass is 16.1. The van der Waals surface area contributed by atoms with Crippen molar-refractivity contribution >= 4 is 11.6 Å². The second kappa shape index (κ2) is 7.04. The molecule has 3 nitrogen and oxygen atoms in total. The van der Waals surface area contributed by atoms with Gasteiger partial charge in [0.15, 0.2) is 0 Å². The number of benzene rings is 2. The van der Waals surface area contributed by atoms with Crippen LogP contribution in [-0.4, -0.2) is 12.5 Å². The molecule has 0 aliphatic carbocycles. The molecule has 0 aromatic heterocycles. The molecule has 2 aromatic rings. The van der Waals surface area contributed by atoms with E-state index in [1.54, 1.807) is 0 Å². The Morgan fingerprint density at radius 2 is 1.81 bits per heavy atom. The Labute approximate surface area is 126 Å². The number of carbonyl (C=O) groups excluding carboxylic acids is 1. The zero-order chi connectivity index (χ0) is 15.2. The summed E-state index contributed by atoms with van der Waals surface area (Å²) in [5.41, 5.74) is 4.85. The highest BCUT2D eigenvalue weighted by Gasteiger charge is 2.11. The molecule has 0 bridgehead atoms. The van der Waals surface area contributed by atoms with Crippen LogP contribution >= 0.6 is 0 Å². The van der Waals surface area contributed by atoms with Gasteiger partial charge in [-0.05, 0) is 49.2 Å². The molecule has 0 unspecified atom stereocenters. The topological polar surface area (TPSA) is 41.1 Å². The average Bonchev–Trinajstić information content (AvgIpc) is 2.49. The number of hydrogen-bond donors (Lipinski definition) is 2. The zero-order valence-corrected chi connectivity index (χ0v) is 12.9. The average molecular weight is 282 g/mol. The standard InChI is InChI=1S/C18H22N2O/c1-4-19-12-15-9-5-6-11-17(15)20-18(21)16-10-7-8-13(2)14(16)3/h5-11,19H,4,12H2,1-3H3,(H,20,21). The normalized spacial score (nSPS) is 10.4. The largest absolute Gasteiger partial charge is 0.322 e. The summed E-state index contributed by atoms with van der Waals surface area (Å²) >= 11 is 0. The van der Waals surface area contributed by atoms with Gasteiger partial charge in [0.05, 0.1) is 0 Å². The summed E-state index contributed by atoms with van der Waals surface area (Å²) in [4.78, 5) is 12.5. The fourth-order valence-electron chi connectivity index (χ4n) is 2.24. The van der Waals surface area contributed by atoms with E-state index in [0.717, 1.165) is 41.0 Å². The smallest absolute Gasteiger partial charge is 0.255 e. The second-order valence-electron chi connectivity index (χ2n) is 5.14. The maximum Gasteiger partial charge on any atom is 0.255 e. The van der Waals surface area contributed by atoms with E-state index in [4.69, 9.17) is 0 Å². The van der Waals surface area contributed by atoms with E-state index in [2.05, 4.69) is 17.6 Å². The predicted octanol–water partition coefficient (Wildman–Crippen LogP) is 3.67. The predicted molar refractivity (Wildman–Crippen MR) is 87.7 cm³/mol. The lowest BCUT2D eigenvalue weighted by atomic mass is 10.0. The molecule has 110 valence electrons. The van der Waals surface area contributed by atoms with Gasteiger partial charge in [-0.25, -0.2) is 0 Å². The molecule has 0 atom stereocenters. The van der Waals surface area contributed by atoms with E-state index in [1.165, 1.54) is 0 Å². The number of anilines is 1. The monoisotopic (exact) mass is 282 g/mol. The molecule has 1 amide bonds. The summed E-state index contributed by atoms with van der Waals surface area (Å²) in [6.07, 6.45) is 0. The summed E-state index contributed by atoms with van der Waals surface area (Å²) in [7, 11) is 0. The first-order valence-electron chi connectivity index (χ1n) is 7.29. The fourth-order valence-corrected chi connectivity index (χ4v) is 2.24. The van der Waals surface area contributed by atoms with Crippen molar-refractivity contribution in [3.8, 4) is 0 Å². The third-order valence-corrected chi connectivity index (χ3v) is 3.68. The van der Waals surface area contributed by atoms with E-state index in [9.17, 15) is 4.79 Å². The van der Waals surface area contributed by atoms with Crippen molar-refractivity contribution < 1.29 is 4.79 Å². The van der Waals surface area contributed by atoms with Gasteiger partial charge in [0.25, 0.3) is 5.91 Å². The van der Waals surface area contributed by atoms with Gasteiger partial charge in [0, 0.05) is 17.8 Å². The molecule has 2 N–H and O–H groups in total. The van der Waals surface area contributed by atoms with Crippen LogP contribution in [0.2, 0.25) is 0 Å². The van der Waals surface area contributed by atoms with Crippen molar-refractivity contribution in [3.63, 3.8) is 0 Å². The van der Waals surface area contributed by atoms with E-state index >= 15 is 0 Å². The van der Waals surface area contributed by atoms with Crippen LogP contribution < -0.4 is 10.6 Å². The maximum atomic E-state index is 12.5. The Hall–Kier alpha value is -2.13. The van der Waals surface area contributed by atoms with Crippen molar-refractivity contribution in [1.29, 1.82) is 0 Å². The Bertz CT molecular complexity index is 635. The highest BCUT2D eigenvalue weighted by molar-refractivity contribution is 6.05. The van der Waals surface area contributed by atoms with E-state index in [-0.39, 0.29) is 5.91 Å². The highest BCUT2D eigenvalue weighted by Crippen LogP contribution is 2.18. The van der Waals surface area contributed by atoms with Gasteiger partial charge in [-0.1, -0.05) is 37.3 Å². The summed E-state index contributed by atoms with van der Waals surface area (Å²) in [5.74, 6) is -0.0554.